The number of hydrogen-bond acceptors (Lipinski definition) is 3. The molecule has 0 saturated carbocycles. The van der Waals surface area contributed by atoms with Gasteiger partial charge >= 0.3 is 0 Å². The van der Waals surface area contributed by atoms with Crippen molar-refractivity contribution in [3.8, 4) is 0 Å². The van der Waals surface area contributed by atoms with Crippen molar-refractivity contribution in [3.63, 3.8) is 0 Å². The standard InChI is InChI=1S/C15H32N2O2S/c1-5-8-13(3)15(16-6-2)11-14-9-7-10-17(12-14)20(4,18)19/h13-16H,5-12H2,1-4H3. The molecule has 0 aromatic carbocycles. The number of sulfonamides is 1. The monoisotopic (exact) mass is 304 g/mol. The Morgan fingerprint density at radius 3 is 2.60 bits per heavy atom. The van der Waals surface area contributed by atoms with Gasteiger partial charge in [-0.2, -0.15) is 0 Å². The summed E-state index contributed by atoms with van der Waals surface area (Å²) in [4.78, 5) is 0. The predicted molar refractivity (Wildman–Crippen MR) is 85.3 cm³/mol. The molecule has 3 atom stereocenters. The van der Waals surface area contributed by atoms with E-state index in [1.165, 1.54) is 19.1 Å². The molecule has 4 nitrogen and oxygen atoms in total. The summed E-state index contributed by atoms with van der Waals surface area (Å²) in [6, 6.07) is 0.518. The van der Waals surface area contributed by atoms with Crippen LogP contribution in [-0.2, 0) is 10.0 Å². The van der Waals surface area contributed by atoms with Crippen molar-refractivity contribution >= 4 is 10.0 Å². The van der Waals surface area contributed by atoms with Gasteiger partial charge in [-0.05, 0) is 44.1 Å². The van der Waals surface area contributed by atoms with Crippen molar-refractivity contribution in [2.24, 2.45) is 11.8 Å². The fourth-order valence-electron chi connectivity index (χ4n) is 3.32. The topological polar surface area (TPSA) is 49.4 Å². The maximum absolute atomic E-state index is 11.7. The van der Waals surface area contributed by atoms with E-state index in [1.807, 2.05) is 0 Å². The summed E-state index contributed by atoms with van der Waals surface area (Å²) in [5.41, 5.74) is 0. The van der Waals surface area contributed by atoms with E-state index in [9.17, 15) is 8.42 Å². The summed E-state index contributed by atoms with van der Waals surface area (Å²) < 4.78 is 25.0. The highest BCUT2D eigenvalue weighted by Crippen LogP contribution is 2.26. The van der Waals surface area contributed by atoms with Crippen molar-refractivity contribution < 1.29 is 8.42 Å². The quantitative estimate of drug-likeness (QED) is 0.749. The Kier molecular flexibility index (Phi) is 7.48. The molecule has 120 valence electrons. The third-order valence-corrected chi connectivity index (χ3v) is 5.70. The van der Waals surface area contributed by atoms with Crippen molar-refractivity contribution in [2.75, 3.05) is 25.9 Å². The summed E-state index contributed by atoms with van der Waals surface area (Å²) in [5, 5.41) is 3.60. The van der Waals surface area contributed by atoms with Crippen LogP contribution >= 0.6 is 0 Å². The van der Waals surface area contributed by atoms with Crippen LogP contribution in [0.15, 0.2) is 0 Å². The Bertz CT molecular complexity index is 370. The molecule has 1 aliphatic rings. The first kappa shape index (κ1) is 17.9. The average molecular weight is 305 g/mol. The van der Waals surface area contributed by atoms with Crippen LogP contribution in [0.1, 0.15) is 52.9 Å². The molecule has 0 aromatic heterocycles. The lowest BCUT2D eigenvalue weighted by molar-refractivity contribution is 0.215. The largest absolute Gasteiger partial charge is 0.314 e. The molecule has 5 heteroatoms. The van der Waals surface area contributed by atoms with E-state index in [-0.39, 0.29) is 0 Å². The Morgan fingerprint density at radius 1 is 1.35 bits per heavy atom. The Balaban J connectivity index is 2.59. The van der Waals surface area contributed by atoms with Gasteiger partial charge in [0.05, 0.1) is 6.26 Å². The van der Waals surface area contributed by atoms with Gasteiger partial charge in [0.1, 0.15) is 0 Å². The number of hydrogen-bond donors (Lipinski definition) is 1. The summed E-state index contributed by atoms with van der Waals surface area (Å²) in [7, 11) is -3.02. The highest BCUT2D eigenvalue weighted by molar-refractivity contribution is 7.88. The van der Waals surface area contributed by atoms with Gasteiger partial charge in [-0.25, -0.2) is 12.7 Å². The summed E-state index contributed by atoms with van der Waals surface area (Å²) in [6.45, 7) is 9.08. The van der Waals surface area contributed by atoms with Crippen LogP contribution in [0.25, 0.3) is 0 Å². The lowest BCUT2D eigenvalue weighted by Crippen LogP contribution is -2.43. The van der Waals surface area contributed by atoms with Crippen LogP contribution < -0.4 is 5.32 Å². The number of piperidine rings is 1. The van der Waals surface area contributed by atoms with Crippen molar-refractivity contribution in [1.82, 2.24) is 9.62 Å². The molecule has 1 fully saturated rings. The summed E-state index contributed by atoms with van der Waals surface area (Å²) in [5.74, 6) is 1.16. The predicted octanol–water partition coefficient (Wildman–Crippen LogP) is 2.46. The van der Waals surface area contributed by atoms with Crippen molar-refractivity contribution in [1.29, 1.82) is 0 Å². The zero-order valence-electron chi connectivity index (χ0n) is 13.6. The fourth-order valence-corrected chi connectivity index (χ4v) is 4.26. The van der Waals surface area contributed by atoms with Crippen LogP contribution in [0.4, 0.5) is 0 Å². The third kappa shape index (κ3) is 5.70. The van der Waals surface area contributed by atoms with E-state index in [4.69, 9.17) is 0 Å². The van der Waals surface area contributed by atoms with Gasteiger partial charge in [-0.15, -0.1) is 0 Å². The molecule has 3 unspecified atom stereocenters. The molecule has 0 amide bonds. The molecule has 0 aliphatic carbocycles. The first-order chi connectivity index (χ1) is 9.38. The first-order valence-electron chi connectivity index (χ1n) is 8.06. The molecule has 1 heterocycles. The minimum absolute atomic E-state index is 0.502. The molecule has 0 aromatic rings. The van der Waals surface area contributed by atoms with Gasteiger partial charge in [0.25, 0.3) is 0 Å². The van der Waals surface area contributed by atoms with Crippen LogP contribution in [0.3, 0.4) is 0 Å². The van der Waals surface area contributed by atoms with E-state index < -0.39 is 10.0 Å². The summed E-state index contributed by atoms with van der Waals surface area (Å²) >= 11 is 0. The second-order valence-corrected chi connectivity index (χ2v) is 8.28. The maximum Gasteiger partial charge on any atom is 0.211 e. The average Bonchev–Trinajstić information content (AvgIpc) is 2.38. The number of nitrogens with zero attached hydrogens (tertiary/aromatic N) is 1. The first-order valence-corrected chi connectivity index (χ1v) is 9.91. The van der Waals surface area contributed by atoms with Gasteiger partial charge in [-0.1, -0.05) is 27.2 Å². The van der Waals surface area contributed by atoms with Crippen LogP contribution in [0.5, 0.6) is 0 Å². The van der Waals surface area contributed by atoms with Crippen LogP contribution in [0, 0.1) is 11.8 Å². The molecular weight excluding hydrogens is 272 g/mol. The van der Waals surface area contributed by atoms with Gasteiger partial charge in [0.2, 0.25) is 10.0 Å². The van der Waals surface area contributed by atoms with E-state index in [2.05, 4.69) is 26.1 Å². The molecule has 0 spiro atoms. The molecule has 0 radical (unpaired) electrons. The Morgan fingerprint density at radius 2 is 2.05 bits per heavy atom. The lowest BCUT2D eigenvalue weighted by atomic mass is 9.85. The lowest BCUT2D eigenvalue weighted by Gasteiger charge is -2.35. The van der Waals surface area contributed by atoms with Crippen molar-refractivity contribution in [3.05, 3.63) is 0 Å². The molecule has 1 saturated heterocycles. The fraction of sp³-hybridized carbons (Fsp3) is 1.00. The minimum atomic E-state index is -3.02. The van der Waals surface area contributed by atoms with Gasteiger partial charge < -0.3 is 5.32 Å². The maximum atomic E-state index is 11.7. The van der Waals surface area contributed by atoms with Gasteiger partial charge in [-0.3, -0.25) is 0 Å². The van der Waals surface area contributed by atoms with E-state index in [1.54, 1.807) is 4.31 Å². The van der Waals surface area contributed by atoms with E-state index in [0.29, 0.717) is 31.0 Å². The zero-order valence-corrected chi connectivity index (χ0v) is 14.4. The van der Waals surface area contributed by atoms with Gasteiger partial charge in [0, 0.05) is 19.1 Å². The number of rotatable bonds is 8. The van der Waals surface area contributed by atoms with E-state index >= 15 is 0 Å². The summed E-state index contributed by atoms with van der Waals surface area (Å²) in [6.07, 6.45) is 7.03. The van der Waals surface area contributed by atoms with E-state index in [0.717, 1.165) is 25.8 Å². The second kappa shape index (κ2) is 8.35. The molecule has 0 bridgehead atoms. The molecule has 1 rings (SSSR count). The normalized spacial score (nSPS) is 24.5. The van der Waals surface area contributed by atoms with Crippen LogP contribution in [0.2, 0.25) is 0 Å². The zero-order chi connectivity index (χ0) is 15.2. The SMILES string of the molecule is CCCC(C)C(CC1CCCN(S(C)(=O)=O)C1)NCC. The molecular formula is C15H32N2O2S. The molecule has 20 heavy (non-hydrogen) atoms. The number of nitrogens with one attached hydrogen (secondary N) is 1. The van der Waals surface area contributed by atoms with Crippen LogP contribution in [-0.4, -0.2) is 44.7 Å². The highest BCUT2D eigenvalue weighted by atomic mass is 32.2. The Hall–Kier alpha value is -0.130. The Labute approximate surface area is 125 Å². The smallest absolute Gasteiger partial charge is 0.211 e. The minimum Gasteiger partial charge on any atom is -0.314 e. The second-order valence-electron chi connectivity index (χ2n) is 6.30. The highest BCUT2D eigenvalue weighted by Gasteiger charge is 2.28. The van der Waals surface area contributed by atoms with Crippen molar-refractivity contribution in [2.45, 2.75) is 58.9 Å². The molecule has 1 aliphatic heterocycles. The van der Waals surface area contributed by atoms with Gasteiger partial charge in [0.15, 0.2) is 0 Å². The molecule has 1 N–H and O–H groups in total. The third-order valence-electron chi connectivity index (χ3n) is 4.44.